The van der Waals surface area contributed by atoms with Gasteiger partial charge in [-0.25, -0.2) is 4.98 Å². The fourth-order valence-electron chi connectivity index (χ4n) is 2.53. The van der Waals surface area contributed by atoms with Crippen molar-refractivity contribution in [2.45, 2.75) is 6.18 Å². The van der Waals surface area contributed by atoms with E-state index in [9.17, 15) is 23.2 Å². The molecule has 0 fully saturated rings. The van der Waals surface area contributed by atoms with E-state index < -0.39 is 17.8 Å². The van der Waals surface area contributed by atoms with Gasteiger partial charge in [0.25, 0.3) is 5.91 Å². The van der Waals surface area contributed by atoms with E-state index in [1.807, 2.05) is 0 Å². The molecule has 0 bridgehead atoms. The highest BCUT2D eigenvalue weighted by Crippen LogP contribution is 2.34. The molecule has 6 nitrogen and oxygen atoms in total. The van der Waals surface area contributed by atoms with Crippen LogP contribution in [0.3, 0.4) is 0 Å². The lowest BCUT2D eigenvalue weighted by molar-refractivity contribution is -0.904. The van der Waals surface area contributed by atoms with E-state index in [0.717, 1.165) is 24.5 Å². The molecule has 0 aliphatic heterocycles. The highest BCUT2D eigenvalue weighted by molar-refractivity contribution is 6.39. The maximum atomic E-state index is 13.0. The van der Waals surface area contributed by atoms with Crippen LogP contribution in [-0.4, -0.2) is 23.2 Å². The lowest BCUT2D eigenvalue weighted by Gasteiger charge is -2.13. The molecule has 28 heavy (non-hydrogen) atoms. The molecule has 2 N–H and O–H groups in total. The lowest BCUT2D eigenvalue weighted by atomic mass is 10.1. The van der Waals surface area contributed by atoms with E-state index in [-0.39, 0.29) is 37.9 Å². The van der Waals surface area contributed by atoms with Gasteiger partial charge in [0.1, 0.15) is 27.0 Å². The Morgan fingerprint density at radius 1 is 1.18 bits per heavy atom. The summed E-state index contributed by atoms with van der Waals surface area (Å²) in [7, 11) is 1.28. The second-order valence-corrected chi connectivity index (χ2v) is 6.38. The molecule has 0 aliphatic carbocycles. The first-order valence-electron chi connectivity index (χ1n) is 7.57. The number of rotatable bonds is 3. The number of hydrogen-bond acceptors (Lipinski definition) is 4. The van der Waals surface area contributed by atoms with E-state index in [1.165, 1.54) is 19.2 Å². The van der Waals surface area contributed by atoms with Crippen molar-refractivity contribution in [3.05, 3.63) is 58.0 Å². The molecule has 1 amide bonds. The largest absolute Gasteiger partial charge is 0.494 e. The number of carbonyl (C=O) groups is 1. The zero-order chi connectivity index (χ0) is 20.6. The summed E-state index contributed by atoms with van der Waals surface area (Å²) in [6, 6.07) is 4.62. The molecule has 0 saturated heterocycles. The van der Waals surface area contributed by atoms with Gasteiger partial charge in [-0.1, -0.05) is 23.2 Å². The fraction of sp³-hybridized carbons (Fsp3) is 0.118. The Labute approximate surface area is 166 Å². The van der Waals surface area contributed by atoms with Crippen LogP contribution in [0, 0.1) is 0 Å². The summed E-state index contributed by atoms with van der Waals surface area (Å²) in [5.74, 6) is -0.608. The van der Waals surface area contributed by atoms with E-state index >= 15 is 0 Å². The quantitative estimate of drug-likeness (QED) is 0.476. The smallest absolute Gasteiger partial charge is 0.433 e. The van der Waals surface area contributed by atoms with Crippen molar-refractivity contribution in [3.8, 4) is 5.75 Å². The van der Waals surface area contributed by atoms with Gasteiger partial charge < -0.3 is 10.1 Å². The van der Waals surface area contributed by atoms with Gasteiger partial charge in [0.05, 0.1) is 12.8 Å². The number of ether oxygens (including phenoxy) is 1. The summed E-state index contributed by atoms with van der Waals surface area (Å²) in [6.07, 6.45) is -2.44. The Hall–Kier alpha value is -2.78. The minimum absolute atomic E-state index is 0.0301. The number of carbonyl (C=O) groups excluding carboxylic acids is 1. The number of anilines is 1. The molecule has 3 aromatic rings. The van der Waals surface area contributed by atoms with Gasteiger partial charge in [-0.3, -0.25) is 10.0 Å². The van der Waals surface area contributed by atoms with Crippen LogP contribution in [-0.2, 0) is 6.18 Å². The van der Waals surface area contributed by atoms with Crippen LogP contribution in [0.1, 0.15) is 16.1 Å². The third-order valence-corrected chi connectivity index (χ3v) is 4.36. The van der Waals surface area contributed by atoms with Crippen LogP contribution in [0.4, 0.5) is 18.9 Å². The molecule has 2 aromatic heterocycles. The van der Waals surface area contributed by atoms with Crippen LogP contribution in [0.2, 0.25) is 10.0 Å². The molecule has 3 rings (SSSR count). The number of methoxy groups -OCH3 is 1. The van der Waals surface area contributed by atoms with Crippen LogP contribution in [0.25, 0.3) is 10.9 Å². The summed E-state index contributed by atoms with van der Waals surface area (Å²) in [5, 5.41) is 11.9. The number of hydrogen-bond donors (Lipinski definition) is 2. The van der Waals surface area contributed by atoms with Crippen LogP contribution in [0.15, 0.2) is 36.7 Å². The maximum Gasteiger partial charge on any atom is 0.433 e. The van der Waals surface area contributed by atoms with Gasteiger partial charge in [-0.15, -0.1) is 0 Å². The molecule has 146 valence electrons. The van der Waals surface area contributed by atoms with Crippen molar-refractivity contribution < 1.29 is 32.6 Å². The summed E-state index contributed by atoms with van der Waals surface area (Å²) in [4.78, 5) is 16.3. The molecule has 0 unspecified atom stereocenters. The number of fused-ring (bicyclic) bond motifs is 1. The number of benzene rings is 1. The summed E-state index contributed by atoms with van der Waals surface area (Å²) in [5.41, 5.74) is -1.17. The van der Waals surface area contributed by atoms with E-state index in [1.54, 1.807) is 0 Å². The molecular formula is C17H11Cl2F3N3O3+. The highest BCUT2D eigenvalue weighted by Gasteiger charge is 2.33. The summed E-state index contributed by atoms with van der Waals surface area (Å²) in [6.45, 7) is 0. The van der Waals surface area contributed by atoms with Crippen LogP contribution >= 0.6 is 23.2 Å². The minimum atomic E-state index is -4.65. The fourth-order valence-corrected chi connectivity index (χ4v) is 3.07. The molecule has 0 atom stereocenters. The third kappa shape index (κ3) is 3.76. The molecule has 0 radical (unpaired) electrons. The maximum absolute atomic E-state index is 13.0. The highest BCUT2D eigenvalue weighted by atomic mass is 35.5. The third-order valence-electron chi connectivity index (χ3n) is 3.78. The topological polar surface area (TPSA) is 75.3 Å². The number of alkyl halides is 3. The zero-order valence-electron chi connectivity index (χ0n) is 14.0. The number of aromatic nitrogens is 2. The first kappa shape index (κ1) is 20.0. The molecule has 0 aliphatic rings. The van der Waals surface area contributed by atoms with Crippen molar-refractivity contribution in [1.29, 1.82) is 0 Å². The second-order valence-electron chi connectivity index (χ2n) is 5.57. The Morgan fingerprint density at radius 2 is 1.82 bits per heavy atom. The zero-order valence-corrected chi connectivity index (χ0v) is 15.5. The number of halogens is 5. The van der Waals surface area contributed by atoms with Crippen LogP contribution < -0.4 is 14.8 Å². The number of nitrogens with one attached hydrogen (secondary N) is 1. The number of nitrogens with zero attached hydrogens (tertiary/aromatic N) is 2. The predicted molar refractivity (Wildman–Crippen MR) is 95.1 cm³/mol. The molecule has 2 heterocycles. The Morgan fingerprint density at radius 3 is 2.39 bits per heavy atom. The molecule has 0 saturated carbocycles. The van der Waals surface area contributed by atoms with Crippen molar-refractivity contribution >= 4 is 45.7 Å². The SMILES string of the molecule is COc1ccc(C(=O)Nc2c(Cl)c[n+](O)cc2Cl)c2ccc(C(F)(F)F)nc12. The number of pyridine rings is 2. The summed E-state index contributed by atoms with van der Waals surface area (Å²) >= 11 is 11.9. The van der Waals surface area contributed by atoms with Crippen LogP contribution in [0.5, 0.6) is 5.75 Å². The monoisotopic (exact) mass is 432 g/mol. The van der Waals surface area contributed by atoms with Crippen molar-refractivity contribution in [3.63, 3.8) is 0 Å². The van der Waals surface area contributed by atoms with Gasteiger partial charge in [0.2, 0.25) is 12.4 Å². The first-order valence-corrected chi connectivity index (χ1v) is 8.33. The van der Waals surface area contributed by atoms with Gasteiger partial charge in [0.15, 0.2) is 0 Å². The first-order chi connectivity index (χ1) is 13.1. The average molecular weight is 433 g/mol. The van der Waals surface area contributed by atoms with Gasteiger partial charge in [-0.2, -0.15) is 13.2 Å². The van der Waals surface area contributed by atoms with Crippen molar-refractivity contribution in [2.75, 3.05) is 12.4 Å². The predicted octanol–water partition coefficient (Wildman–Crippen LogP) is 4.35. The van der Waals surface area contributed by atoms with Crippen molar-refractivity contribution in [1.82, 2.24) is 4.98 Å². The average Bonchev–Trinajstić information content (AvgIpc) is 2.62. The van der Waals surface area contributed by atoms with Gasteiger partial charge in [0, 0.05) is 15.7 Å². The Bertz CT molecular complexity index is 1070. The normalized spacial score (nSPS) is 11.5. The Balaban J connectivity index is 2.09. The van der Waals surface area contributed by atoms with E-state index in [2.05, 4.69) is 10.3 Å². The van der Waals surface area contributed by atoms with E-state index in [4.69, 9.17) is 27.9 Å². The van der Waals surface area contributed by atoms with Crippen molar-refractivity contribution in [2.24, 2.45) is 0 Å². The molecule has 11 heteroatoms. The summed E-state index contributed by atoms with van der Waals surface area (Å²) < 4.78 is 44.6. The lowest BCUT2D eigenvalue weighted by Crippen LogP contribution is -2.29. The van der Waals surface area contributed by atoms with Gasteiger partial charge >= 0.3 is 6.18 Å². The molecule has 1 aromatic carbocycles. The van der Waals surface area contributed by atoms with Gasteiger partial charge in [-0.05, 0) is 24.3 Å². The molecular weight excluding hydrogens is 422 g/mol. The van der Waals surface area contributed by atoms with E-state index in [0.29, 0.717) is 4.73 Å². The second kappa shape index (κ2) is 7.33. The standard InChI is InChI=1S/C17H10Cl2F3N3O3/c1-28-12-4-2-9(8-3-5-13(17(20,21)22)23-14(8)12)16(26)24-15-10(18)6-25(27)7-11(15)19/h2-7,27H,1H3/p+1. The Kier molecular flexibility index (Phi) is 5.22. The molecule has 0 spiro atoms. The minimum Gasteiger partial charge on any atom is -0.494 e. The number of amides is 1.